The average Bonchev–Trinajstić information content (AvgIpc) is 2.85. The molecule has 1 aliphatic rings. The third-order valence-electron chi connectivity index (χ3n) is 3.43. The van der Waals surface area contributed by atoms with Gasteiger partial charge in [-0.25, -0.2) is 13.1 Å². The van der Waals surface area contributed by atoms with E-state index in [1.54, 1.807) is 0 Å². The second-order valence-electron chi connectivity index (χ2n) is 6.63. The van der Waals surface area contributed by atoms with E-state index in [1.165, 1.54) is 16.0 Å². The molecule has 0 saturated carbocycles. The monoisotopic (exact) mass is 316 g/mol. The van der Waals surface area contributed by atoms with E-state index < -0.39 is 10.0 Å². The van der Waals surface area contributed by atoms with Crippen molar-refractivity contribution in [2.75, 3.05) is 19.3 Å². The van der Waals surface area contributed by atoms with Crippen molar-refractivity contribution in [3.63, 3.8) is 0 Å². The molecule has 20 heavy (non-hydrogen) atoms. The Morgan fingerprint density at radius 2 is 2.10 bits per heavy atom. The van der Waals surface area contributed by atoms with Crippen molar-refractivity contribution in [3.05, 3.63) is 21.9 Å². The number of rotatable bonds is 4. The molecule has 0 aromatic carbocycles. The Bertz CT molecular complexity index is 558. The summed E-state index contributed by atoms with van der Waals surface area (Å²) in [6.07, 6.45) is 2.12. The van der Waals surface area contributed by atoms with Crippen molar-refractivity contribution in [3.8, 4) is 0 Å². The first-order valence-corrected chi connectivity index (χ1v) is 9.63. The molecule has 6 heteroatoms. The molecular formula is C14H24N2O2S2. The van der Waals surface area contributed by atoms with Crippen LogP contribution >= 0.6 is 11.3 Å². The molecule has 114 valence electrons. The van der Waals surface area contributed by atoms with E-state index in [9.17, 15) is 8.42 Å². The Hall–Kier alpha value is -0.430. The molecular weight excluding hydrogens is 292 g/mol. The maximum absolute atomic E-state index is 11.2. The van der Waals surface area contributed by atoms with Crippen LogP contribution in [0.4, 0.5) is 0 Å². The van der Waals surface area contributed by atoms with Crippen molar-refractivity contribution in [1.82, 2.24) is 9.62 Å². The van der Waals surface area contributed by atoms with Gasteiger partial charge < -0.3 is 0 Å². The van der Waals surface area contributed by atoms with Gasteiger partial charge in [0.2, 0.25) is 10.0 Å². The number of nitrogens with one attached hydrogen (secondary N) is 1. The van der Waals surface area contributed by atoms with Gasteiger partial charge in [-0.3, -0.25) is 4.90 Å². The van der Waals surface area contributed by atoms with E-state index in [0.717, 1.165) is 26.1 Å². The van der Waals surface area contributed by atoms with Gasteiger partial charge in [-0.2, -0.15) is 0 Å². The molecule has 0 aliphatic carbocycles. The van der Waals surface area contributed by atoms with E-state index in [4.69, 9.17) is 0 Å². The first-order chi connectivity index (χ1) is 9.13. The van der Waals surface area contributed by atoms with Crippen LogP contribution in [0.1, 0.15) is 36.9 Å². The van der Waals surface area contributed by atoms with E-state index in [1.807, 2.05) is 11.3 Å². The fraction of sp³-hybridized carbons (Fsp3) is 0.714. The van der Waals surface area contributed by atoms with Crippen molar-refractivity contribution >= 4 is 21.4 Å². The first kappa shape index (κ1) is 15.9. The van der Waals surface area contributed by atoms with Crippen molar-refractivity contribution in [2.45, 2.75) is 45.2 Å². The van der Waals surface area contributed by atoms with E-state index in [-0.39, 0.29) is 11.5 Å². The van der Waals surface area contributed by atoms with Gasteiger partial charge in [-0.15, -0.1) is 11.3 Å². The predicted octanol–water partition coefficient (Wildman–Crippen LogP) is 2.17. The molecule has 0 amide bonds. The highest BCUT2D eigenvalue weighted by Crippen LogP contribution is 2.30. The Morgan fingerprint density at radius 3 is 2.65 bits per heavy atom. The second-order valence-corrected chi connectivity index (χ2v) is 9.58. The third kappa shape index (κ3) is 4.55. The number of nitrogens with zero attached hydrogens (tertiary/aromatic N) is 1. The van der Waals surface area contributed by atoms with Crippen LogP contribution in [0.5, 0.6) is 0 Å². The van der Waals surface area contributed by atoms with Gasteiger partial charge in [0, 0.05) is 35.4 Å². The van der Waals surface area contributed by atoms with E-state index >= 15 is 0 Å². The number of sulfonamides is 1. The maximum atomic E-state index is 11.2. The molecule has 0 radical (unpaired) electrons. The Kier molecular flexibility index (Phi) is 4.59. The van der Waals surface area contributed by atoms with Gasteiger partial charge in [0.15, 0.2) is 0 Å². The molecule has 2 heterocycles. The van der Waals surface area contributed by atoms with Gasteiger partial charge >= 0.3 is 0 Å². The highest BCUT2D eigenvalue weighted by Gasteiger charge is 2.25. The lowest BCUT2D eigenvalue weighted by Gasteiger charge is -2.17. The summed E-state index contributed by atoms with van der Waals surface area (Å²) in [6, 6.07) is 4.47. The fourth-order valence-corrected chi connectivity index (χ4v) is 4.37. The molecule has 0 bridgehead atoms. The second kappa shape index (κ2) is 5.75. The Labute approximate surface area is 126 Å². The summed E-state index contributed by atoms with van der Waals surface area (Å²) in [7, 11) is -3.09. The average molecular weight is 316 g/mol. The minimum absolute atomic E-state index is 0.0621. The smallest absolute Gasteiger partial charge is 0.208 e. The molecule has 1 aliphatic heterocycles. The summed E-state index contributed by atoms with van der Waals surface area (Å²) < 4.78 is 25.2. The van der Waals surface area contributed by atoms with Crippen LogP contribution in [-0.4, -0.2) is 38.7 Å². The third-order valence-corrected chi connectivity index (χ3v) is 5.69. The van der Waals surface area contributed by atoms with Crippen LogP contribution in [0, 0.1) is 0 Å². The van der Waals surface area contributed by atoms with Crippen molar-refractivity contribution < 1.29 is 8.42 Å². The maximum Gasteiger partial charge on any atom is 0.208 e. The summed E-state index contributed by atoms with van der Waals surface area (Å²) in [5.41, 5.74) is 0.203. The zero-order valence-electron chi connectivity index (χ0n) is 12.6. The van der Waals surface area contributed by atoms with Crippen molar-refractivity contribution in [2.24, 2.45) is 0 Å². The molecule has 4 nitrogen and oxygen atoms in total. The highest BCUT2D eigenvalue weighted by molar-refractivity contribution is 7.88. The first-order valence-electron chi connectivity index (χ1n) is 6.92. The summed E-state index contributed by atoms with van der Waals surface area (Å²) in [5.74, 6) is 0. The highest BCUT2D eigenvalue weighted by atomic mass is 32.2. The lowest BCUT2D eigenvalue weighted by atomic mass is 9.95. The Morgan fingerprint density at radius 1 is 1.40 bits per heavy atom. The van der Waals surface area contributed by atoms with Crippen LogP contribution in [0.15, 0.2) is 12.1 Å². The predicted molar refractivity (Wildman–Crippen MR) is 84.7 cm³/mol. The Balaban J connectivity index is 1.91. The number of likely N-dealkylation sites (tertiary alicyclic amines) is 1. The van der Waals surface area contributed by atoms with Crippen molar-refractivity contribution in [1.29, 1.82) is 0 Å². The molecule has 1 N–H and O–H groups in total. The van der Waals surface area contributed by atoms with Crippen LogP contribution in [0.3, 0.4) is 0 Å². The minimum Gasteiger partial charge on any atom is -0.297 e. The molecule has 1 saturated heterocycles. The van der Waals surface area contributed by atoms with Crippen LogP contribution in [0.25, 0.3) is 0 Å². The SMILES string of the molecule is CC(C)(C)c1ccc(CN2CCC(NS(C)(=O)=O)C2)s1. The molecule has 2 rings (SSSR count). The molecule has 1 aromatic rings. The fourth-order valence-electron chi connectivity index (χ4n) is 2.46. The van der Waals surface area contributed by atoms with Gasteiger partial charge in [0.1, 0.15) is 0 Å². The zero-order chi connectivity index (χ0) is 15.0. The molecule has 0 spiro atoms. The van der Waals surface area contributed by atoms with Gasteiger partial charge in [0.05, 0.1) is 6.26 Å². The molecule has 1 unspecified atom stereocenters. The minimum atomic E-state index is -3.09. The summed E-state index contributed by atoms with van der Waals surface area (Å²) in [5, 5.41) is 0. The lowest BCUT2D eigenvalue weighted by Crippen LogP contribution is -2.36. The normalized spacial score (nSPS) is 21.5. The number of thiophene rings is 1. The van der Waals surface area contributed by atoms with Crippen LogP contribution in [0.2, 0.25) is 0 Å². The lowest BCUT2D eigenvalue weighted by molar-refractivity contribution is 0.327. The zero-order valence-corrected chi connectivity index (χ0v) is 14.3. The topological polar surface area (TPSA) is 49.4 Å². The van der Waals surface area contributed by atoms with Gasteiger partial charge in [0.25, 0.3) is 0 Å². The van der Waals surface area contributed by atoms with E-state index in [2.05, 4.69) is 42.5 Å². The molecule has 1 fully saturated rings. The quantitative estimate of drug-likeness (QED) is 0.926. The van der Waals surface area contributed by atoms with Crippen LogP contribution in [-0.2, 0) is 22.0 Å². The summed E-state index contributed by atoms with van der Waals surface area (Å²) in [4.78, 5) is 5.08. The standard InChI is InChI=1S/C14H24N2O2S2/c1-14(2,3)13-6-5-12(19-13)10-16-8-7-11(9-16)15-20(4,17)18/h5-6,11,15H,7-10H2,1-4H3. The van der Waals surface area contributed by atoms with Crippen LogP contribution < -0.4 is 4.72 Å². The molecule has 1 aromatic heterocycles. The van der Waals surface area contributed by atoms with E-state index in [0.29, 0.717) is 0 Å². The molecule has 1 atom stereocenters. The number of hydrogen-bond acceptors (Lipinski definition) is 4. The summed E-state index contributed by atoms with van der Waals surface area (Å²) in [6.45, 7) is 9.36. The van der Waals surface area contributed by atoms with Gasteiger partial charge in [-0.1, -0.05) is 20.8 Å². The van der Waals surface area contributed by atoms with Gasteiger partial charge in [-0.05, 0) is 24.0 Å². The number of hydrogen-bond donors (Lipinski definition) is 1. The summed E-state index contributed by atoms with van der Waals surface area (Å²) >= 11 is 1.86. The largest absolute Gasteiger partial charge is 0.297 e.